The van der Waals surface area contributed by atoms with Crippen molar-refractivity contribution in [2.24, 2.45) is 0 Å². The molecule has 7 heteroatoms. The van der Waals surface area contributed by atoms with Crippen LogP contribution in [0.3, 0.4) is 0 Å². The summed E-state index contributed by atoms with van der Waals surface area (Å²) in [5.74, 6) is 0. The molecule has 1 aromatic rings. The van der Waals surface area contributed by atoms with Gasteiger partial charge >= 0.3 is 10.2 Å². The van der Waals surface area contributed by atoms with Crippen molar-refractivity contribution < 1.29 is 12.3 Å². The van der Waals surface area contributed by atoms with Crippen molar-refractivity contribution in [3.8, 4) is 0 Å². The van der Waals surface area contributed by atoms with Crippen molar-refractivity contribution in [3.63, 3.8) is 0 Å². The maximum atomic E-state index is 12.3. The Morgan fingerprint density at radius 3 is 2.36 bits per heavy atom. The predicted molar refractivity (Wildman–Crippen MR) is 40.2 cm³/mol. The van der Waals surface area contributed by atoms with E-state index in [2.05, 4.69) is 4.98 Å². The van der Waals surface area contributed by atoms with Gasteiger partial charge in [0.1, 0.15) is 0 Å². The van der Waals surface area contributed by atoms with Crippen molar-refractivity contribution in [2.75, 3.05) is 0 Å². The van der Waals surface area contributed by atoms with E-state index in [0.29, 0.717) is 11.3 Å². The van der Waals surface area contributed by atoms with Gasteiger partial charge in [0.2, 0.25) is 0 Å². The molecule has 1 rings (SSSR count). The predicted octanol–water partition coefficient (Wildman–Crippen LogP) is 1.76. The minimum absolute atomic E-state index is 0.0266. The second-order valence-electron chi connectivity index (χ2n) is 1.78. The zero-order valence-corrected chi connectivity index (χ0v) is 7.73. The summed E-state index contributed by atoms with van der Waals surface area (Å²) in [6.45, 7) is 1.38. The highest BCUT2D eigenvalue weighted by molar-refractivity contribution is 7.88. The van der Waals surface area contributed by atoms with Gasteiger partial charge in [-0.3, -0.25) is 0 Å². The van der Waals surface area contributed by atoms with Crippen LogP contribution in [0.4, 0.5) is 3.89 Å². The normalized spacial score (nSPS) is 11.9. The number of rotatable bonds is 1. The van der Waals surface area contributed by atoms with Gasteiger partial charge < -0.3 is 0 Å². The quantitative estimate of drug-likeness (QED) is 0.671. The lowest BCUT2D eigenvalue weighted by molar-refractivity contribution is 0.553. The Morgan fingerprint density at radius 1 is 1.64 bits per heavy atom. The molecule has 1 heterocycles. The lowest BCUT2D eigenvalue weighted by atomic mass is 10.6. The molecule has 3 nitrogen and oxygen atoms in total. The van der Waals surface area contributed by atoms with Crippen LogP contribution in [0.15, 0.2) is 4.21 Å². The number of hydrogen-bond donors (Lipinski definition) is 0. The van der Waals surface area contributed by atoms with Gasteiger partial charge in [0.25, 0.3) is 0 Å². The maximum absolute atomic E-state index is 12.3. The molecule has 0 saturated heterocycles. The number of aromatic nitrogens is 1. The molecule has 1 aromatic heterocycles. The van der Waals surface area contributed by atoms with E-state index in [9.17, 15) is 12.3 Å². The lowest BCUT2D eigenvalue weighted by Crippen LogP contribution is -1.90. The Balaban J connectivity index is 3.36. The Morgan fingerprint density at radius 2 is 2.18 bits per heavy atom. The summed E-state index contributed by atoms with van der Waals surface area (Å²) >= 11 is 5.96. The van der Waals surface area contributed by atoms with Crippen molar-refractivity contribution >= 4 is 33.2 Å². The maximum Gasteiger partial charge on any atom is 0.343 e. The second-order valence-corrected chi connectivity index (χ2v) is 4.90. The standard InChI is InChI=1S/C4H3ClFNO2S2/c1-2-3(11(6,8)9)10-4(5)7-2/h1H3. The first-order valence-corrected chi connectivity index (χ1v) is 5.06. The highest BCUT2D eigenvalue weighted by Gasteiger charge is 2.19. The number of thiazole rings is 1. The summed E-state index contributed by atoms with van der Waals surface area (Å²) in [5, 5.41) is 0. The van der Waals surface area contributed by atoms with Crippen LogP contribution >= 0.6 is 22.9 Å². The Bertz CT molecular complexity index is 371. The Kier molecular flexibility index (Phi) is 2.17. The molecule has 0 spiro atoms. The van der Waals surface area contributed by atoms with Gasteiger partial charge in [-0.25, -0.2) is 4.98 Å². The fraction of sp³-hybridized carbons (Fsp3) is 0.250. The highest BCUT2D eigenvalue weighted by Crippen LogP contribution is 2.27. The fourth-order valence-corrected chi connectivity index (χ4v) is 2.63. The van der Waals surface area contributed by atoms with Crippen LogP contribution in [-0.4, -0.2) is 13.4 Å². The average Bonchev–Trinajstić information content (AvgIpc) is 2.08. The smallest absolute Gasteiger partial charge is 0.229 e. The third-order valence-electron chi connectivity index (χ3n) is 0.949. The van der Waals surface area contributed by atoms with Crippen LogP contribution in [-0.2, 0) is 10.2 Å². The molecule has 0 bridgehead atoms. The van der Waals surface area contributed by atoms with E-state index in [1.54, 1.807) is 0 Å². The van der Waals surface area contributed by atoms with Crippen molar-refractivity contribution in [1.82, 2.24) is 4.98 Å². The van der Waals surface area contributed by atoms with Gasteiger partial charge in [0.15, 0.2) is 8.68 Å². The summed E-state index contributed by atoms with van der Waals surface area (Å²) in [5.41, 5.74) is 0.0995. The first-order valence-electron chi connectivity index (χ1n) is 2.49. The Hall–Kier alpha value is -0.200. The molecule has 0 N–H and O–H groups in total. The summed E-state index contributed by atoms with van der Waals surface area (Å²) in [4.78, 5) is 3.54. The van der Waals surface area contributed by atoms with E-state index in [1.807, 2.05) is 0 Å². The molecule has 0 aliphatic heterocycles. The molecule has 0 unspecified atom stereocenters. The topological polar surface area (TPSA) is 47.0 Å². The number of hydrogen-bond acceptors (Lipinski definition) is 4. The Labute approximate surface area is 72.0 Å². The van der Waals surface area contributed by atoms with E-state index in [0.717, 1.165) is 0 Å². The van der Waals surface area contributed by atoms with Crippen molar-refractivity contribution in [2.45, 2.75) is 11.1 Å². The first-order chi connectivity index (χ1) is 4.91. The van der Waals surface area contributed by atoms with E-state index in [4.69, 9.17) is 11.6 Å². The molecule has 11 heavy (non-hydrogen) atoms. The molecule has 0 radical (unpaired) electrons. The summed E-state index contributed by atoms with van der Waals surface area (Å²) < 4.78 is 32.5. The minimum atomic E-state index is -4.64. The molecule has 0 fully saturated rings. The van der Waals surface area contributed by atoms with Crippen LogP contribution < -0.4 is 0 Å². The van der Waals surface area contributed by atoms with E-state index < -0.39 is 14.4 Å². The van der Waals surface area contributed by atoms with E-state index >= 15 is 0 Å². The lowest BCUT2D eigenvalue weighted by Gasteiger charge is -1.86. The molecule has 0 aliphatic rings. The third-order valence-corrected chi connectivity index (χ3v) is 3.59. The van der Waals surface area contributed by atoms with Crippen LogP contribution in [0.5, 0.6) is 0 Å². The molecule has 0 aromatic carbocycles. The first kappa shape index (κ1) is 8.89. The van der Waals surface area contributed by atoms with Crippen LogP contribution in [0.1, 0.15) is 5.69 Å². The molecule has 0 atom stereocenters. The second kappa shape index (κ2) is 2.69. The van der Waals surface area contributed by atoms with Crippen LogP contribution in [0.2, 0.25) is 4.47 Å². The molecule has 62 valence electrons. The number of aryl methyl sites for hydroxylation is 1. The number of halogens is 2. The highest BCUT2D eigenvalue weighted by atomic mass is 35.5. The third kappa shape index (κ3) is 1.88. The minimum Gasteiger partial charge on any atom is -0.229 e. The van der Waals surface area contributed by atoms with E-state index in [1.165, 1.54) is 6.92 Å². The van der Waals surface area contributed by atoms with Gasteiger partial charge in [-0.2, -0.15) is 8.42 Å². The largest absolute Gasteiger partial charge is 0.343 e. The van der Waals surface area contributed by atoms with Gasteiger partial charge in [-0.05, 0) is 6.92 Å². The fourth-order valence-electron chi connectivity index (χ4n) is 0.577. The molecule has 0 aliphatic carbocycles. The molecular formula is C4H3ClFNO2S2. The zero-order valence-electron chi connectivity index (χ0n) is 5.34. The summed E-state index contributed by atoms with van der Waals surface area (Å²) in [6, 6.07) is 0. The van der Waals surface area contributed by atoms with Gasteiger partial charge in [-0.15, -0.1) is 0 Å². The SMILES string of the molecule is Cc1nc(Cl)sc1S(=O)(=O)F. The van der Waals surface area contributed by atoms with Gasteiger partial charge in [0.05, 0.1) is 5.69 Å². The molecular weight excluding hydrogens is 213 g/mol. The number of nitrogens with zero attached hydrogens (tertiary/aromatic N) is 1. The van der Waals surface area contributed by atoms with Gasteiger partial charge in [0, 0.05) is 0 Å². The van der Waals surface area contributed by atoms with Gasteiger partial charge in [-0.1, -0.05) is 26.8 Å². The van der Waals surface area contributed by atoms with Crippen LogP contribution in [0, 0.1) is 6.92 Å². The average molecular weight is 216 g/mol. The van der Waals surface area contributed by atoms with Crippen molar-refractivity contribution in [3.05, 3.63) is 10.2 Å². The van der Waals surface area contributed by atoms with Crippen molar-refractivity contribution in [1.29, 1.82) is 0 Å². The zero-order chi connectivity index (χ0) is 8.65. The summed E-state index contributed by atoms with van der Waals surface area (Å²) in [6.07, 6.45) is 0. The molecule has 0 amide bonds. The monoisotopic (exact) mass is 215 g/mol. The summed E-state index contributed by atoms with van der Waals surface area (Å²) in [7, 11) is -4.64. The molecule has 0 saturated carbocycles. The van der Waals surface area contributed by atoms with Crippen LogP contribution in [0.25, 0.3) is 0 Å². The van der Waals surface area contributed by atoms with E-state index in [-0.39, 0.29) is 10.2 Å².